The number of carbonyl (C=O) groups is 2. The molecule has 5 nitrogen and oxygen atoms in total. The van der Waals surface area contributed by atoms with Crippen LogP contribution in [0.15, 0.2) is 6.07 Å². The quantitative estimate of drug-likeness (QED) is 0.811. The molecule has 0 saturated carbocycles. The highest BCUT2D eigenvalue weighted by atomic mass is 16.4. The first-order chi connectivity index (χ1) is 8.02. The minimum absolute atomic E-state index is 0.0185. The van der Waals surface area contributed by atoms with Crippen molar-refractivity contribution >= 4 is 11.9 Å². The molecule has 92 valence electrons. The van der Waals surface area contributed by atoms with E-state index >= 15 is 0 Å². The smallest absolute Gasteiger partial charge is 0.337 e. The molecule has 1 fully saturated rings. The van der Waals surface area contributed by atoms with Gasteiger partial charge in [-0.15, -0.1) is 0 Å². The summed E-state index contributed by atoms with van der Waals surface area (Å²) >= 11 is 0. The Morgan fingerprint density at radius 1 is 1.53 bits per heavy atom. The summed E-state index contributed by atoms with van der Waals surface area (Å²) in [6.07, 6.45) is 1.69. The average molecular weight is 236 g/mol. The molecule has 2 heterocycles. The maximum atomic E-state index is 11.8. The van der Waals surface area contributed by atoms with Crippen LogP contribution < -0.4 is 5.32 Å². The standard InChI is InChI=1S/C12H16N2O3/c1-7-6-9(12(16)17)8(2)14(7)10-4-3-5-13-11(10)15/h6,10H,3-5H2,1-2H3,(H,13,15)(H,16,17). The van der Waals surface area contributed by atoms with Crippen LogP contribution in [0.1, 0.15) is 40.6 Å². The van der Waals surface area contributed by atoms with Crippen LogP contribution >= 0.6 is 0 Å². The minimum atomic E-state index is -0.944. The van der Waals surface area contributed by atoms with E-state index in [9.17, 15) is 9.59 Å². The predicted octanol–water partition coefficient (Wildman–Crippen LogP) is 1.25. The summed E-state index contributed by atoms with van der Waals surface area (Å²) in [4.78, 5) is 22.8. The zero-order chi connectivity index (χ0) is 12.6. The van der Waals surface area contributed by atoms with Crippen LogP contribution in [0.4, 0.5) is 0 Å². The zero-order valence-electron chi connectivity index (χ0n) is 9.99. The summed E-state index contributed by atoms with van der Waals surface area (Å²) < 4.78 is 1.83. The molecule has 1 amide bonds. The third-order valence-electron chi connectivity index (χ3n) is 3.28. The highest BCUT2D eigenvalue weighted by molar-refractivity contribution is 5.90. The number of aromatic nitrogens is 1. The number of carboxylic acids is 1. The topological polar surface area (TPSA) is 71.3 Å². The van der Waals surface area contributed by atoms with E-state index in [4.69, 9.17) is 5.11 Å². The summed E-state index contributed by atoms with van der Waals surface area (Å²) in [7, 11) is 0. The van der Waals surface area contributed by atoms with Crippen LogP contribution in [0.5, 0.6) is 0 Å². The average Bonchev–Trinajstić information content (AvgIpc) is 2.56. The molecule has 5 heteroatoms. The van der Waals surface area contributed by atoms with Gasteiger partial charge in [0.15, 0.2) is 0 Å². The van der Waals surface area contributed by atoms with Crippen molar-refractivity contribution in [2.24, 2.45) is 0 Å². The van der Waals surface area contributed by atoms with Crippen molar-refractivity contribution < 1.29 is 14.7 Å². The van der Waals surface area contributed by atoms with E-state index in [-0.39, 0.29) is 17.5 Å². The predicted molar refractivity (Wildman–Crippen MR) is 62.1 cm³/mol. The van der Waals surface area contributed by atoms with Gasteiger partial charge in [-0.05, 0) is 32.8 Å². The van der Waals surface area contributed by atoms with E-state index in [1.165, 1.54) is 0 Å². The molecule has 1 unspecified atom stereocenters. The van der Waals surface area contributed by atoms with Crippen LogP contribution in [-0.4, -0.2) is 28.1 Å². The maximum Gasteiger partial charge on any atom is 0.337 e. The third-order valence-corrected chi connectivity index (χ3v) is 3.28. The molecule has 0 aromatic carbocycles. The van der Waals surface area contributed by atoms with Crippen LogP contribution in [0.25, 0.3) is 0 Å². The maximum absolute atomic E-state index is 11.8. The Morgan fingerprint density at radius 2 is 2.24 bits per heavy atom. The van der Waals surface area contributed by atoms with Crippen molar-refractivity contribution in [1.82, 2.24) is 9.88 Å². The van der Waals surface area contributed by atoms with Crippen LogP contribution in [0.2, 0.25) is 0 Å². The normalized spacial score (nSPS) is 20.1. The largest absolute Gasteiger partial charge is 0.478 e. The molecule has 0 bridgehead atoms. The second-order valence-corrected chi connectivity index (χ2v) is 4.41. The summed E-state index contributed by atoms with van der Waals surface area (Å²) in [5.74, 6) is -0.962. The number of hydrogen-bond donors (Lipinski definition) is 2. The van der Waals surface area contributed by atoms with Crippen LogP contribution in [-0.2, 0) is 4.79 Å². The summed E-state index contributed by atoms with van der Waals surface area (Å²) in [6, 6.07) is 1.36. The number of amides is 1. The molecule has 1 aromatic rings. The second-order valence-electron chi connectivity index (χ2n) is 4.41. The Bertz CT molecular complexity index is 476. The number of piperidine rings is 1. The van der Waals surface area contributed by atoms with Gasteiger partial charge < -0.3 is 15.0 Å². The molecule has 0 aliphatic carbocycles. The van der Waals surface area contributed by atoms with E-state index in [0.29, 0.717) is 12.2 Å². The van der Waals surface area contributed by atoms with E-state index in [1.807, 2.05) is 11.5 Å². The van der Waals surface area contributed by atoms with Gasteiger partial charge in [-0.25, -0.2) is 4.79 Å². The van der Waals surface area contributed by atoms with E-state index in [2.05, 4.69) is 5.32 Å². The molecule has 1 aliphatic rings. The Morgan fingerprint density at radius 3 is 2.76 bits per heavy atom. The van der Waals surface area contributed by atoms with E-state index < -0.39 is 5.97 Å². The summed E-state index contributed by atoms with van der Waals surface area (Å²) in [5.41, 5.74) is 1.75. The molecule has 1 atom stereocenters. The number of hydrogen-bond acceptors (Lipinski definition) is 2. The fraction of sp³-hybridized carbons (Fsp3) is 0.500. The first kappa shape index (κ1) is 11.7. The Labute approximate surface area is 99.4 Å². The Balaban J connectivity index is 2.44. The second kappa shape index (κ2) is 4.24. The van der Waals surface area contributed by atoms with Crippen molar-refractivity contribution in [2.45, 2.75) is 32.7 Å². The van der Waals surface area contributed by atoms with Gasteiger partial charge in [0, 0.05) is 17.9 Å². The molecular formula is C12H16N2O3. The van der Waals surface area contributed by atoms with Crippen molar-refractivity contribution in [3.8, 4) is 0 Å². The molecule has 1 aliphatic heterocycles. The lowest BCUT2D eigenvalue weighted by Crippen LogP contribution is -2.38. The third kappa shape index (κ3) is 1.92. The number of carboxylic acid groups (broad SMARTS) is 1. The van der Waals surface area contributed by atoms with Crippen molar-refractivity contribution in [3.63, 3.8) is 0 Å². The van der Waals surface area contributed by atoms with Crippen molar-refractivity contribution in [3.05, 3.63) is 23.0 Å². The number of aromatic carboxylic acids is 1. The van der Waals surface area contributed by atoms with Gasteiger partial charge in [-0.2, -0.15) is 0 Å². The molecule has 0 radical (unpaired) electrons. The minimum Gasteiger partial charge on any atom is -0.478 e. The van der Waals surface area contributed by atoms with Gasteiger partial charge >= 0.3 is 5.97 Å². The SMILES string of the molecule is Cc1cc(C(=O)O)c(C)n1C1CCCNC1=O. The van der Waals surface area contributed by atoms with Crippen LogP contribution in [0, 0.1) is 13.8 Å². The highest BCUT2D eigenvalue weighted by Crippen LogP contribution is 2.25. The number of carbonyl (C=O) groups excluding carboxylic acids is 1. The fourth-order valence-corrected chi connectivity index (χ4v) is 2.48. The Kier molecular flexibility index (Phi) is 2.92. The number of rotatable bonds is 2. The molecule has 1 aromatic heterocycles. The summed E-state index contributed by atoms with van der Waals surface area (Å²) in [5, 5.41) is 11.9. The molecule has 1 saturated heterocycles. The fourth-order valence-electron chi connectivity index (χ4n) is 2.48. The molecule has 2 rings (SSSR count). The van der Waals surface area contributed by atoms with Gasteiger partial charge in [0.05, 0.1) is 5.56 Å². The van der Waals surface area contributed by atoms with Crippen molar-refractivity contribution in [1.29, 1.82) is 0 Å². The lowest BCUT2D eigenvalue weighted by molar-refractivity contribution is -0.125. The molecular weight excluding hydrogens is 220 g/mol. The number of nitrogens with zero attached hydrogens (tertiary/aromatic N) is 1. The van der Waals surface area contributed by atoms with Gasteiger partial charge in [0.25, 0.3) is 0 Å². The number of nitrogens with one attached hydrogen (secondary N) is 1. The van der Waals surface area contributed by atoms with Gasteiger partial charge in [0.1, 0.15) is 6.04 Å². The molecule has 0 spiro atoms. The molecule has 17 heavy (non-hydrogen) atoms. The van der Waals surface area contributed by atoms with Gasteiger partial charge in [0.2, 0.25) is 5.91 Å². The first-order valence-corrected chi connectivity index (χ1v) is 5.72. The lowest BCUT2D eigenvalue weighted by atomic mass is 10.1. The zero-order valence-corrected chi connectivity index (χ0v) is 9.99. The van der Waals surface area contributed by atoms with Crippen molar-refractivity contribution in [2.75, 3.05) is 6.54 Å². The highest BCUT2D eigenvalue weighted by Gasteiger charge is 2.27. The van der Waals surface area contributed by atoms with E-state index in [1.54, 1.807) is 13.0 Å². The van der Waals surface area contributed by atoms with Gasteiger partial charge in [-0.1, -0.05) is 0 Å². The Hall–Kier alpha value is -1.78. The summed E-state index contributed by atoms with van der Waals surface area (Å²) in [6.45, 7) is 4.29. The van der Waals surface area contributed by atoms with E-state index in [0.717, 1.165) is 18.5 Å². The van der Waals surface area contributed by atoms with Crippen LogP contribution in [0.3, 0.4) is 0 Å². The monoisotopic (exact) mass is 236 g/mol. The lowest BCUT2D eigenvalue weighted by Gasteiger charge is -2.26. The molecule has 2 N–H and O–H groups in total. The first-order valence-electron chi connectivity index (χ1n) is 5.72. The van der Waals surface area contributed by atoms with Gasteiger partial charge in [-0.3, -0.25) is 4.79 Å². The number of aryl methyl sites for hydroxylation is 1.